The number of hydrogen-bond donors (Lipinski definition) is 1. The Labute approximate surface area is 158 Å². The van der Waals surface area contributed by atoms with Crippen LogP contribution in [0.3, 0.4) is 0 Å². The second-order valence-corrected chi connectivity index (χ2v) is 6.75. The van der Waals surface area contributed by atoms with Gasteiger partial charge in [0.05, 0.1) is 7.11 Å². The normalized spacial score (nSPS) is 11.0. The van der Waals surface area contributed by atoms with Crippen LogP contribution in [0.25, 0.3) is 21.7 Å². The predicted octanol–water partition coefficient (Wildman–Crippen LogP) is 4.43. The van der Waals surface area contributed by atoms with Crippen LogP contribution in [0.15, 0.2) is 66.7 Å². The molecule has 4 nitrogen and oxygen atoms in total. The molecule has 1 heterocycles. The van der Waals surface area contributed by atoms with Crippen molar-refractivity contribution in [2.75, 3.05) is 7.11 Å². The Bertz CT molecular complexity index is 1130. The molecule has 0 unspecified atom stereocenters. The zero-order valence-electron chi connectivity index (χ0n) is 15.5. The van der Waals surface area contributed by atoms with Gasteiger partial charge in [-0.2, -0.15) is 0 Å². The first-order chi connectivity index (χ1) is 13.1. The summed E-state index contributed by atoms with van der Waals surface area (Å²) < 4.78 is 7.32. The molecule has 0 spiro atoms. The first-order valence-corrected chi connectivity index (χ1v) is 9.02. The zero-order valence-corrected chi connectivity index (χ0v) is 15.5. The van der Waals surface area contributed by atoms with E-state index in [1.807, 2.05) is 49.4 Å². The van der Waals surface area contributed by atoms with E-state index in [0.29, 0.717) is 13.1 Å². The fraction of sp³-hybridized carbons (Fsp3) is 0.174. The number of aryl methyl sites for hydroxylation is 1. The number of carbonyl (C=O) groups is 1. The maximum absolute atomic E-state index is 12.5. The van der Waals surface area contributed by atoms with E-state index < -0.39 is 0 Å². The van der Waals surface area contributed by atoms with Gasteiger partial charge in [0.1, 0.15) is 12.3 Å². The van der Waals surface area contributed by atoms with Gasteiger partial charge in [-0.05, 0) is 59.0 Å². The van der Waals surface area contributed by atoms with Gasteiger partial charge in [-0.25, -0.2) is 0 Å². The molecule has 0 saturated carbocycles. The average molecular weight is 358 g/mol. The molecule has 0 atom stereocenters. The van der Waals surface area contributed by atoms with Crippen LogP contribution in [0.2, 0.25) is 0 Å². The molecule has 0 saturated heterocycles. The molecular formula is C23H22N2O2. The Morgan fingerprint density at radius 1 is 0.963 bits per heavy atom. The third kappa shape index (κ3) is 3.51. The van der Waals surface area contributed by atoms with Crippen molar-refractivity contribution >= 4 is 27.6 Å². The largest absolute Gasteiger partial charge is 0.497 e. The van der Waals surface area contributed by atoms with Crippen molar-refractivity contribution in [1.82, 2.24) is 9.88 Å². The van der Waals surface area contributed by atoms with Gasteiger partial charge >= 0.3 is 0 Å². The molecule has 4 heteroatoms. The third-order valence-corrected chi connectivity index (χ3v) is 4.92. The van der Waals surface area contributed by atoms with Gasteiger partial charge in [0, 0.05) is 17.8 Å². The smallest absolute Gasteiger partial charge is 0.240 e. The van der Waals surface area contributed by atoms with E-state index in [-0.39, 0.29) is 5.91 Å². The summed E-state index contributed by atoms with van der Waals surface area (Å²) in [6, 6.07) is 22.4. The number of amides is 1. The zero-order chi connectivity index (χ0) is 18.8. The average Bonchev–Trinajstić information content (AvgIpc) is 3.01. The van der Waals surface area contributed by atoms with Gasteiger partial charge in [-0.3, -0.25) is 4.79 Å². The molecule has 0 radical (unpaired) electrons. The van der Waals surface area contributed by atoms with Gasteiger partial charge in [0.2, 0.25) is 5.91 Å². The highest BCUT2D eigenvalue weighted by Crippen LogP contribution is 2.22. The van der Waals surface area contributed by atoms with Crippen molar-refractivity contribution in [3.8, 4) is 5.75 Å². The van der Waals surface area contributed by atoms with Crippen molar-refractivity contribution in [1.29, 1.82) is 0 Å². The summed E-state index contributed by atoms with van der Waals surface area (Å²) in [7, 11) is 1.67. The summed E-state index contributed by atoms with van der Waals surface area (Å²) in [4.78, 5) is 12.5. The lowest BCUT2D eigenvalue weighted by atomic mass is 10.1. The Kier molecular flexibility index (Phi) is 4.55. The summed E-state index contributed by atoms with van der Waals surface area (Å²) in [5.74, 6) is 0.854. The monoisotopic (exact) mass is 358 g/mol. The van der Waals surface area contributed by atoms with Crippen LogP contribution >= 0.6 is 0 Å². The minimum Gasteiger partial charge on any atom is -0.497 e. The summed E-state index contributed by atoms with van der Waals surface area (Å²) in [6.45, 7) is 2.87. The topological polar surface area (TPSA) is 43.3 Å². The summed E-state index contributed by atoms with van der Waals surface area (Å²) >= 11 is 0. The molecule has 0 aliphatic heterocycles. The van der Waals surface area contributed by atoms with Gasteiger partial charge in [-0.15, -0.1) is 0 Å². The van der Waals surface area contributed by atoms with Crippen LogP contribution in [-0.4, -0.2) is 17.6 Å². The fourth-order valence-electron chi connectivity index (χ4n) is 3.47. The Hall–Kier alpha value is -3.27. The van der Waals surface area contributed by atoms with Crippen LogP contribution in [0.5, 0.6) is 5.75 Å². The number of aromatic nitrogens is 1. The van der Waals surface area contributed by atoms with E-state index in [2.05, 4.69) is 34.1 Å². The molecule has 0 aliphatic rings. The second kappa shape index (κ2) is 7.16. The third-order valence-electron chi connectivity index (χ3n) is 4.92. The van der Waals surface area contributed by atoms with E-state index in [0.717, 1.165) is 38.7 Å². The van der Waals surface area contributed by atoms with Crippen LogP contribution in [-0.2, 0) is 17.9 Å². The highest BCUT2D eigenvalue weighted by molar-refractivity contribution is 5.85. The SMILES string of the molecule is COc1ccc2cc(CNC(=O)Cn3c(C)cc4ccccc43)ccc2c1. The summed E-state index contributed by atoms with van der Waals surface area (Å²) in [5, 5.41) is 6.45. The Morgan fingerprint density at radius 3 is 2.59 bits per heavy atom. The molecule has 1 N–H and O–H groups in total. The van der Waals surface area contributed by atoms with Crippen LogP contribution in [0.1, 0.15) is 11.3 Å². The lowest BCUT2D eigenvalue weighted by molar-refractivity contribution is -0.121. The van der Waals surface area contributed by atoms with Gasteiger partial charge in [0.25, 0.3) is 0 Å². The van der Waals surface area contributed by atoms with Crippen molar-refractivity contribution in [3.05, 3.63) is 78.0 Å². The number of para-hydroxylation sites is 1. The Morgan fingerprint density at radius 2 is 1.74 bits per heavy atom. The fourth-order valence-corrected chi connectivity index (χ4v) is 3.47. The molecule has 0 fully saturated rings. The highest BCUT2D eigenvalue weighted by Gasteiger charge is 2.09. The number of nitrogens with one attached hydrogen (secondary N) is 1. The molecule has 3 aromatic carbocycles. The number of methoxy groups -OCH3 is 1. The molecule has 136 valence electrons. The van der Waals surface area contributed by atoms with Gasteiger partial charge < -0.3 is 14.6 Å². The minimum absolute atomic E-state index is 0.00859. The number of hydrogen-bond acceptors (Lipinski definition) is 2. The number of fused-ring (bicyclic) bond motifs is 2. The lowest BCUT2D eigenvalue weighted by Crippen LogP contribution is -2.27. The molecule has 4 aromatic rings. The summed E-state index contributed by atoms with van der Waals surface area (Å²) in [5.41, 5.74) is 3.26. The standard InChI is InChI=1S/C23H22N2O2/c1-16-11-20-5-3-4-6-22(20)25(16)15-23(26)24-14-17-7-8-19-13-21(27-2)10-9-18(19)12-17/h3-13H,14-15H2,1-2H3,(H,24,26). The first kappa shape index (κ1) is 17.2. The van der Waals surface area contributed by atoms with Crippen molar-refractivity contribution in [3.63, 3.8) is 0 Å². The van der Waals surface area contributed by atoms with Gasteiger partial charge in [-0.1, -0.05) is 36.4 Å². The van der Waals surface area contributed by atoms with E-state index in [9.17, 15) is 4.79 Å². The van der Waals surface area contributed by atoms with E-state index in [1.165, 1.54) is 0 Å². The quantitative estimate of drug-likeness (QED) is 0.574. The van der Waals surface area contributed by atoms with Crippen LogP contribution < -0.4 is 10.1 Å². The Balaban J connectivity index is 1.46. The van der Waals surface area contributed by atoms with Gasteiger partial charge in [0.15, 0.2) is 0 Å². The molecule has 0 bridgehead atoms. The number of nitrogens with zero attached hydrogens (tertiary/aromatic N) is 1. The molecule has 1 amide bonds. The molecule has 0 aliphatic carbocycles. The maximum Gasteiger partial charge on any atom is 0.240 e. The van der Waals surface area contributed by atoms with E-state index in [1.54, 1.807) is 7.11 Å². The lowest BCUT2D eigenvalue weighted by Gasteiger charge is -2.10. The predicted molar refractivity (Wildman–Crippen MR) is 109 cm³/mol. The second-order valence-electron chi connectivity index (χ2n) is 6.75. The number of carbonyl (C=O) groups excluding carboxylic acids is 1. The van der Waals surface area contributed by atoms with Crippen LogP contribution in [0, 0.1) is 6.92 Å². The van der Waals surface area contributed by atoms with E-state index >= 15 is 0 Å². The van der Waals surface area contributed by atoms with Crippen molar-refractivity contribution in [2.24, 2.45) is 0 Å². The molecule has 27 heavy (non-hydrogen) atoms. The molecule has 4 rings (SSSR count). The molecule has 1 aromatic heterocycles. The van der Waals surface area contributed by atoms with Crippen molar-refractivity contribution < 1.29 is 9.53 Å². The highest BCUT2D eigenvalue weighted by atomic mass is 16.5. The maximum atomic E-state index is 12.5. The van der Waals surface area contributed by atoms with E-state index in [4.69, 9.17) is 4.74 Å². The molecular weight excluding hydrogens is 336 g/mol. The number of ether oxygens (including phenoxy) is 1. The first-order valence-electron chi connectivity index (χ1n) is 9.02. The van der Waals surface area contributed by atoms with Crippen molar-refractivity contribution in [2.45, 2.75) is 20.0 Å². The summed E-state index contributed by atoms with van der Waals surface area (Å²) in [6.07, 6.45) is 0. The number of benzene rings is 3. The number of rotatable bonds is 5. The minimum atomic E-state index is 0.00859. The van der Waals surface area contributed by atoms with Crippen LogP contribution in [0.4, 0.5) is 0 Å².